The van der Waals surface area contributed by atoms with Crippen molar-refractivity contribution in [3.63, 3.8) is 0 Å². The number of piperidine rings is 1. The Bertz CT molecular complexity index is 766. The molecule has 0 unspecified atom stereocenters. The van der Waals surface area contributed by atoms with Crippen molar-refractivity contribution in [2.75, 3.05) is 13.1 Å². The van der Waals surface area contributed by atoms with Crippen LogP contribution in [0, 0.1) is 5.92 Å². The minimum Gasteiger partial charge on any atom is -0.369 e. The molecule has 1 heterocycles. The molecular weight excluding hydrogens is 314 g/mol. The van der Waals surface area contributed by atoms with E-state index in [2.05, 4.69) is 35.6 Å². The summed E-state index contributed by atoms with van der Waals surface area (Å²) in [6, 6.07) is 14.7. The van der Waals surface area contributed by atoms with Gasteiger partial charge in [0.2, 0.25) is 5.91 Å². The molecule has 132 valence electrons. The third-order valence-corrected chi connectivity index (χ3v) is 4.91. The lowest BCUT2D eigenvalue weighted by Crippen LogP contribution is -2.48. The average Bonchev–Trinajstić information content (AvgIpc) is 2.61. The van der Waals surface area contributed by atoms with Crippen molar-refractivity contribution in [2.45, 2.75) is 32.2 Å². The van der Waals surface area contributed by atoms with Crippen molar-refractivity contribution >= 4 is 22.7 Å². The Balaban J connectivity index is 1.53. The Hall–Kier alpha value is -2.56. The number of fused-ring (bicyclic) bond motifs is 1. The average molecular weight is 339 g/mol. The lowest BCUT2D eigenvalue weighted by Gasteiger charge is -2.31. The number of primary amides is 1. The van der Waals surface area contributed by atoms with E-state index in [1.807, 2.05) is 19.1 Å². The first kappa shape index (κ1) is 17.3. The van der Waals surface area contributed by atoms with E-state index in [-0.39, 0.29) is 23.9 Å². The molecule has 0 radical (unpaired) electrons. The summed E-state index contributed by atoms with van der Waals surface area (Å²) in [5.74, 6) is -0.358. The number of likely N-dealkylation sites (tertiary alicyclic amines) is 1. The summed E-state index contributed by atoms with van der Waals surface area (Å²) in [7, 11) is 0. The van der Waals surface area contributed by atoms with Gasteiger partial charge in [-0.05, 0) is 42.5 Å². The van der Waals surface area contributed by atoms with Crippen molar-refractivity contribution in [2.24, 2.45) is 11.7 Å². The number of nitrogens with one attached hydrogen (secondary N) is 1. The minimum atomic E-state index is -0.260. The quantitative estimate of drug-likeness (QED) is 0.898. The van der Waals surface area contributed by atoms with Crippen LogP contribution in [0.4, 0.5) is 4.79 Å². The zero-order valence-corrected chi connectivity index (χ0v) is 14.6. The fourth-order valence-corrected chi connectivity index (χ4v) is 3.44. The molecule has 3 N–H and O–H groups in total. The predicted molar refractivity (Wildman–Crippen MR) is 99.1 cm³/mol. The minimum absolute atomic E-state index is 0.0440. The highest BCUT2D eigenvalue weighted by Crippen LogP contribution is 2.18. The fraction of sp³-hybridized carbons (Fsp3) is 0.400. The molecule has 0 bridgehead atoms. The molecule has 1 aliphatic heterocycles. The number of hydrogen-bond acceptors (Lipinski definition) is 2. The zero-order valence-electron chi connectivity index (χ0n) is 14.6. The van der Waals surface area contributed by atoms with Gasteiger partial charge in [-0.15, -0.1) is 0 Å². The lowest BCUT2D eigenvalue weighted by atomic mass is 9.96. The second-order valence-electron chi connectivity index (χ2n) is 6.90. The topological polar surface area (TPSA) is 75.4 Å². The van der Waals surface area contributed by atoms with E-state index in [0.717, 1.165) is 6.42 Å². The number of rotatable bonds is 4. The summed E-state index contributed by atoms with van der Waals surface area (Å²) in [5, 5.41) is 5.50. The summed E-state index contributed by atoms with van der Waals surface area (Å²) in [5.41, 5.74) is 6.54. The van der Waals surface area contributed by atoms with Gasteiger partial charge in [-0.3, -0.25) is 4.79 Å². The molecule has 25 heavy (non-hydrogen) atoms. The molecule has 1 aliphatic rings. The van der Waals surface area contributed by atoms with E-state index in [1.54, 1.807) is 4.90 Å². The van der Waals surface area contributed by atoms with Crippen LogP contribution in [0.1, 0.15) is 25.3 Å². The van der Waals surface area contributed by atoms with Gasteiger partial charge in [-0.2, -0.15) is 0 Å². The number of carbonyl (C=O) groups excluding carboxylic acids is 2. The SMILES string of the molecule is C[C@H](Cc1ccc2ccccc2c1)NC(=O)N1CCC(C(N)=O)CC1. The molecule has 0 spiro atoms. The number of nitrogens with zero attached hydrogens (tertiary/aromatic N) is 1. The maximum atomic E-state index is 12.4. The van der Waals surface area contributed by atoms with Gasteiger partial charge in [-0.1, -0.05) is 42.5 Å². The number of carbonyl (C=O) groups is 2. The first-order valence-electron chi connectivity index (χ1n) is 8.85. The fourth-order valence-electron chi connectivity index (χ4n) is 3.44. The Labute approximate surface area is 148 Å². The Kier molecular flexibility index (Phi) is 5.22. The van der Waals surface area contributed by atoms with Gasteiger partial charge in [0.05, 0.1) is 0 Å². The summed E-state index contributed by atoms with van der Waals surface area (Å²) in [4.78, 5) is 25.4. The summed E-state index contributed by atoms with van der Waals surface area (Å²) < 4.78 is 0. The molecule has 5 heteroatoms. The van der Waals surface area contributed by atoms with E-state index < -0.39 is 0 Å². The van der Waals surface area contributed by atoms with Crippen molar-refractivity contribution in [3.8, 4) is 0 Å². The van der Waals surface area contributed by atoms with Crippen LogP contribution in [0.15, 0.2) is 42.5 Å². The molecule has 0 saturated carbocycles. The first-order valence-corrected chi connectivity index (χ1v) is 8.85. The van der Waals surface area contributed by atoms with Crippen LogP contribution >= 0.6 is 0 Å². The third kappa shape index (κ3) is 4.29. The van der Waals surface area contributed by atoms with E-state index >= 15 is 0 Å². The van der Waals surface area contributed by atoms with E-state index in [1.165, 1.54) is 16.3 Å². The lowest BCUT2D eigenvalue weighted by molar-refractivity contribution is -0.123. The maximum absolute atomic E-state index is 12.4. The first-order chi connectivity index (χ1) is 12.0. The van der Waals surface area contributed by atoms with Gasteiger partial charge in [0.1, 0.15) is 0 Å². The number of amides is 3. The van der Waals surface area contributed by atoms with Gasteiger partial charge < -0.3 is 16.0 Å². The molecule has 1 saturated heterocycles. The molecule has 0 aliphatic carbocycles. The standard InChI is InChI=1S/C20H25N3O2/c1-14(12-15-6-7-16-4-2-3-5-18(16)13-15)22-20(25)23-10-8-17(9-11-23)19(21)24/h2-7,13-14,17H,8-12H2,1H3,(H2,21,24)(H,22,25)/t14-/m1/s1. The van der Waals surface area contributed by atoms with Gasteiger partial charge >= 0.3 is 6.03 Å². The van der Waals surface area contributed by atoms with Crippen LogP contribution in [0.3, 0.4) is 0 Å². The van der Waals surface area contributed by atoms with E-state index in [4.69, 9.17) is 5.73 Å². The van der Waals surface area contributed by atoms with Crippen molar-refractivity contribution < 1.29 is 9.59 Å². The van der Waals surface area contributed by atoms with E-state index in [0.29, 0.717) is 25.9 Å². The summed E-state index contributed by atoms with van der Waals surface area (Å²) in [6.07, 6.45) is 2.10. The Morgan fingerprint density at radius 2 is 1.84 bits per heavy atom. The van der Waals surface area contributed by atoms with Crippen molar-refractivity contribution in [1.29, 1.82) is 0 Å². The van der Waals surface area contributed by atoms with Gasteiger partial charge in [0, 0.05) is 25.0 Å². The smallest absolute Gasteiger partial charge is 0.317 e. The second kappa shape index (κ2) is 7.55. The molecule has 3 amide bonds. The molecule has 3 rings (SSSR count). The highest BCUT2D eigenvalue weighted by molar-refractivity contribution is 5.83. The Morgan fingerprint density at radius 3 is 2.52 bits per heavy atom. The molecule has 0 aromatic heterocycles. The van der Waals surface area contributed by atoms with Crippen LogP contribution < -0.4 is 11.1 Å². The number of benzene rings is 2. The monoisotopic (exact) mass is 339 g/mol. The molecule has 2 aromatic carbocycles. The van der Waals surface area contributed by atoms with Crippen LogP contribution in [0.25, 0.3) is 10.8 Å². The maximum Gasteiger partial charge on any atom is 0.317 e. The van der Waals surface area contributed by atoms with Gasteiger partial charge in [0.15, 0.2) is 0 Å². The third-order valence-electron chi connectivity index (χ3n) is 4.91. The number of urea groups is 1. The van der Waals surface area contributed by atoms with Crippen LogP contribution in [0.5, 0.6) is 0 Å². The molecule has 1 atom stereocenters. The van der Waals surface area contributed by atoms with E-state index in [9.17, 15) is 9.59 Å². The van der Waals surface area contributed by atoms with Crippen LogP contribution in [0.2, 0.25) is 0 Å². The second-order valence-corrected chi connectivity index (χ2v) is 6.90. The highest BCUT2D eigenvalue weighted by atomic mass is 16.2. The number of nitrogens with two attached hydrogens (primary N) is 1. The van der Waals surface area contributed by atoms with Gasteiger partial charge in [0.25, 0.3) is 0 Å². The molecule has 2 aromatic rings. The zero-order chi connectivity index (χ0) is 17.8. The van der Waals surface area contributed by atoms with Gasteiger partial charge in [-0.25, -0.2) is 4.79 Å². The summed E-state index contributed by atoms with van der Waals surface area (Å²) in [6.45, 7) is 3.19. The van der Waals surface area contributed by atoms with Crippen LogP contribution in [-0.4, -0.2) is 36.0 Å². The van der Waals surface area contributed by atoms with Crippen LogP contribution in [-0.2, 0) is 11.2 Å². The molecule has 1 fully saturated rings. The predicted octanol–water partition coefficient (Wildman–Crippen LogP) is 2.68. The summed E-state index contributed by atoms with van der Waals surface area (Å²) >= 11 is 0. The number of hydrogen-bond donors (Lipinski definition) is 2. The molecule has 5 nitrogen and oxygen atoms in total. The largest absolute Gasteiger partial charge is 0.369 e. The Morgan fingerprint density at radius 1 is 1.16 bits per heavy atom. The van der Waals surface area contributed by atoms with Crippen molar-refractivity contribution in [1.82, 2.24) is 10.2 Å². The highest BCUT2D eigenvalue weighted by Gasteiger charge is 2.26. The normalized spacial score (nSPS) is 16.6. The van der Waals surface area contributed by atoms with Crippen molar-refractivity contribution in [3.05, 3.63) is 48.0 Å². The molecular formula is C20H25N3O2.